The van der Waals surface area contributed by atoms with Gasteiger partial charge in [-0.15, -0.1) is 0 Å². The van der Waals surface area contributed by atoms with Gasteiger partial charge in [-0.25, -0.2) is 0 Å². The fraction of sp³-hybridized carbons (Fsp3) is 1.00. The molecule has 1 heterocycles. The van der Waals surface area contributed by atoms with E-state index in [0.29, 0.717) is 19.5 Å². The van der Waals surface area contributed by atoms with E-state index in [1.54, 1.807) is 4.31 Å². The first-order valence-electron chi connectivity index (χ1n) is 5.96. The number of nitrogens with two attached hydrogens (primary N) is 1. The van der Waals surface area contributed by atoms with Crippen LogP contribution < -0.4 is 10.5 Å². The predicted molar refractivity (Wildman–Crippen MR) is 65.2 cm³/mol. The molecule has 1 fully saturated rings. The minimum atomic E-state index is -3.33. The summed E-state index contributed by atoms with van der Waals surface area (Å²) in [6.45, 7) is 4.94. The Morgan fingerprint density at radius 1 is 1.50 bits per heavy atom. The van der Waals surface area contributed by atoms with Crippen molar-refractivity contribution < 1.29 is 8.42 Å². The van der Waals surface area contributed by atoms with E-state index in [0.717, 1.165) is 19.3 Å². The van der Waals surface area contributed by atoms with Crippen LogP contribution in [0.25, 0.3) is 0 Å². The standard InChI is InChI=1S/C10H23N3O2S/c1-9(6-7-11)12-16(14,15)13-8-4-3-5-10(13)2/h9-10,12H,3-8,11H2,1-2H3. The molecular formula is C10H23N3O2S. The highest BCUT2D eigenvalue weighted by molar-refractivity contribution is 7.87. The quantitative estimate of drug-likeness (QED) is 0.742. The first-order chi connectivity index (χ1) is 7.47. The lowest BCUT2D eigenvalue weighted by molar-refractivity contribution is 0.264. The van der Waals surface area contributed by atoms with Crippen LogP contribution in [0.3, 0.4) is 0 Å². The first-order valence-corrected chi connectivity index (χ1v) is 7.40. The molecule has 0 aromatic heterocycles. The van der Waals surface area contributed by atoms with Gasteiger partial charge in [-0.05, 0) is 39.7 Å². The number of nitrogens with one attached hydrogen (secondary N) is 1. The Balaban J connectivity index is 2.61. The third-order valence-electron chi connectivity index (χ3n) is 3.00. The highest BCUT2D eigenvalue weighted by atomic mass is 32.2. The molecule has 0 saturated carbocycles. The topological polar surface area (TPSA) is 75.4 Å². The molecule has 3 N–H and O–H groups in total. The van der Waals surface area contributed by atoms with Crippen LogP contribution >= 0.6 is 0 Å². The molecule has 1 aliphatic rings. The van der Waals surface area contributed by atoms with Gasteiger partial charge in [-0.3, -0.25) is 0 Å². The summed E-state index contributed by atoms with van der Waals surface area (Å²) < 4.78 is 28.4. The molecule has 1 rings (SSSR count). The molecule has 0 radical (unpaired) electrons. The Labute approximate surface area is 98.6 Å². The zero-order chi connectivity index (χ0) is 12.2. The summed E-state index contributed by atoms with van der Waals surface area (Å²) in [5, 5.41) is 0. The average Bonchev–Trinajstić information content (AvgIpc) is 2.17. The number of hydrogen-bond acceptors (Lipinski definition) is 3. The van der Waals surface area contributed by atoms with E-state index in [-0.39, 0.29) is 12.1 Å². The molecule has 5 nitrogen and oxygen atoms in total. The predicted octanol–water partition coefficient (Wildman–Crippen LogP) is 0.433. The fourth-order valence-corrected chi connectivity index (χ4v) is 3.77. The molecule has 2 atom stereocenters. The second-order valence-corrected chi connectivity index (χ2v) is 6.21. The summed E-state index contributed by atoms with van der Waals surface area (Å²) in [5.41, 5.74) is 5.41. The van der Waals surface area contributed by atoms with Crippen LogP contribution in [0.2, 0.25) is 0 Å². The molecule has 0 spiro atoms. The third-order valence-corrected chi connectivity index (χ3v) is 4.86. The minimum Gasteiger partial charge on any atom is -0.330 e. The van der Waals surface area contributed by atoms with Crippen molar-refractivity contribution in [3.05, 3.63) is 0 Å². The van der Waals surface area contributed by atoms with Crippen molar-refractivity contribution in [2.24, 2.45) is 5.73 Å². The lowest BCUT2D eigenvalue weighted by Crippen LogP contribution is -2.50. The molecule has 1 saturated heterocycles. The highest BCUT2D eigenvalue weighted by Crippen LogP contribution is 2.19. The summed E-state index contributed by atoms with van der Waals surface area (Å²) in [4.78, 5) is 0. The van der Waals surface area contributed by atoms with E-state index >= 15 is 0 Å². The monoisotopic (exact) mass is 249 g/mol. The van der Waals surface area contributed by atoms with Crippen molar-refractivity contribution in [3.63, 3.8) is 0 Å². The average molecular weight is 249 g/mol. The molecule has 0 aliphatic carbocycles. The van der Waals surface area contributed by atoms with E-state index in [2.05, 4.69) is 4.72 Å². The lowest BCUT2D eigenvalue weighted by atomic mass is 10.1. The summed E-state index contributed by atoms with van der Waals surface area (Å²) in [6, 6.07) is 0.0143. The van der Waals surface area contributed by atoms with Crippen molar-refractivity contribution >= 4 is 10.2 Å². The maximum atomic E-state index is 12.1. The molecule has 0 amide bonds. The van der Waals surface area contributed by atoms with E-state index in [1.165, 1.54) is 0 Å². The second-order valence-electron chi connectivity index (χ2n) is 4.56. The van der Waals surface area contributed by atoms with Crippen molar-refractivity contribution in [3.8, 4) is 0 Å². The van der Waals surface area contributed by atoms with Crippen LogP contribution in [0, 0.1) is 0 Å². The normalized spacial score (nSPS) is 25.6. The summed E-state index contributed by atoms with van der Waals surface area (Å²) in [5.74, 6) is 0. The van der Waals surface area contributed by atoms with Crippen molar-refractivity contribution in [1.82, 2.24) is 9.03 Å². The minimum absolute atomic E-state index is 0.0934. The van der Waals surface area contributed by atoms with Gasteiger partial charge in [0.1, 0.15) is 0 Å². The summed E-state index contributed by atoms with van der Waals surface area (Å²) in [7, 11) is -3.33. The van der Waals surface area contributed by atoms with E-state index < -0.39 is 10.2 Å². The number of nitrogens with zero attached hydrogens (tertiary/aromatic N) is 1. The molecule has 96 valence electrons. The van der Waals surface area contributed by atoms with Gasteiger partial charge >= 0.3 is 0 Å². The second kappa shape index (κ2) is 5.95. The molecule has 0 bridgehead atoms. The van der Waals surface area contributed by atoms with Crippen LogP contribution in [-0.4, -0.2) is 37.9 Å². The van der Waals surface area contributed by atoms with Gasteiger partial charge in [0.05, 0.1) is 0 Å². The van der Waals surface area contributed by atoms with Gasteiger partial charge < -0.3 is 5.73 Å². The third kappa shape index (κ3) is 3.69. The van der Waals surface area contributed by atoms with Crippen LogP contribution in [0.15, 0.2) is 0 Å². The zero-order valence-electron chi connectivity index (χ0n) is 10.1. The number of hydrogen-bond donors (Lipinski definition) is 2. The van der Waals surface area contributed by atoms with E-state index in [4.69, 9.17) is 5.73 Å². The Hall–Kier alpha value is -0.170. The largest absolute Gasteiger partial charge is 0.330 e. The molecule has 0 aromatic carbocycles. The summed E-state index contributed by atoms with van der Waals surface area (Å²) in [6.07, 6.45) is 3.69. The Kier molecular flexibility index (Phi) is 5.17. The number of piperidine rings is 1. The van der Waals surface area contributed by atoms with Gasteiger partial charge in [-0.1, -0.05) is 6.42 Å². The van der Waals surface area contributed by atoms with Gasteiger partial charge in [0.15, 0.2) is 0 Å². The van der Waals surface area contributed by atoms with Gasteiger partial charge in [0, 0.05) is 18.6 Å². The van der Waals surface area contributed by atoms with Crippen molar-refractivity contribution in [2.45, 2.75) is 51.6 Å². The number of rotatable bonds is 5. The van der Waals surface area contributed by atoms with Gasteiger partial charge in [0.2, 0.25) is 0 Å². The molecular weight excluding hydrogens is 226 g/mol. The molecule has 1 aliphatic heterocycles. The smallest absolute Gasteiger partial charge is 0.279 e. The van der Waals surface area contributed by atoms with Crippen LogP contribution in [0.1, 0.15) is 39.5 Å². The first kappa shape index (κ1) is 13.9. The molecule has 0 aromatic rings. The zero-order valence-corrected chi connectivity index (χ0v) is 11.0. The molecule has 16 heavy (non-hydrogen) atoms. The van der Waals surface area contributed by atoms with Crippen molar-refractivity contribution in [2.75, 3.05) is 13.1 Å². The van der Waals surface area contributed by atoms with Gasteiger partial charge in [-0.2, -0.15) is 17.4 Å². The Morgan fingerprint density at radius 3 is 2.75 bits per heavy atom. The van der Waals surface area contributed by atoms with Crippen LogP contribution in [0.4, 0.5) is 0 Å². The Bertz CT molecular complexity index is 305. The van der Waals surface area contributed by atoms with Crippen molar-refractivity contribution in [1.29, 1.82) is 0 Å². The fourth-order valence-electron chi connectivity index (χ4n) is 2.06. The SMILES string of the molecule is CC(CCN)NS(=O)(=O)N1CCCCC1C. The molecule has 6 heteroatoms. The lowest BCUT2D eigenvalue weighted by Gasteiger charge is -2.33. The van der Waals surface area contributed by atoms with Gasteiger partial charge in [0.25, 0.3) is 10.2 Å². The van der Waals surface area contributed by atoms with E-state index in [1.807, 2.05) is 13.8 Å². The Morgan fingerprint density at radius 2 is 2.19 bits per heavy atom. The maximum Gasteiger partial charge on any atom is 0.279 e. The summed E-state index contributed by atoms with van der Waals surface area (Å²) >= 11 is 0. The highest BCUT2D eigenvalue weighted by Gasteiger charge is 2.30. The van der Waals surface area contributed by atoms with E-state index in [9.17, 15) is 8.42 Å². The van der Waals surface area contributed by atoms with Crippen LogP contribution in [0.5, 0.6) is 0 Å². The van der Waals surface area contributed by atoms with Crippen LogP contribution in [-0.2, 0) is 10.2 Å². The maximum absolute atomic E-state index is 12.1. The molecule has 2 unspecified atom stereocenters.